The minimum absolute atomic E-state index is 0.00969. The Bertz CT molecular complexity index is 915. The molecule has 1 atom stereocenters. The normalized spacial score (nSPS) is 16.0. The minimum Gasteiger partial charge on any atom is -0.494 e. The van der Waals surface area contributed by atoms with Gasteiger partial charge in [0.15, 0.2) is 5.11 Å². The molecule has 2 aromatic carbocycles. The van der Waals surface area contributed by atoms with E-state index >= 15 is 0 Å². The number of benzene rings is 2. The van der Waals surface area contributed by atoms with Gasteiger partial charge in [-0.3, -0.25) is 14.5 Å². The fourth-order valence-corrected chi connectivity index (χ4v) is 3.63. The van der Waals surface area contributed by atoms with Gasteiger partial charge < -0.3 is 15.0 Å². The average Bonchev–Trinajstić information content (AvgIpc) is 2.98. The summed E-state index contributed by atoms with van der Waals surface area (Å²) in [6, 6.07) is 15.7. The van der Waals surface area contributed by atoms with Gasteiger partial charge in [-0.05, 0) is 55.0 Å². The monoisotopic (exact) mass is 423 g/mol. The van der Waals surface area contributed by atoms with E-state index in [-0.39, 0.29) is 18.2 Å². The van der Waals surface area contributed by atoms with Crippen molar-refractivity contribution in [3.05, 3.63) is 67.3 Å². The highest BCUT2D eigenvalue weighted by atomic mass is 32.1. The highest BCUT2D eigenvalue weighted by Gasteiger charge is 2.43. The number of hydrogen-bond acceptors (Lipinski definition) is 4. The molecular formula is C23H25N3O3S. The number of amides is 2. The summed E-state index contributed by atoms with van der Waals surface area (Å²) in [5.74, 6) is 0.274. The summed E-state index contributed by atoms with van der Waals surface area (Å²) in [6.07, 6.45) is 2.59. The first-order valence-electron chi connectivity index (χ1n) is 9.88. The van der Waals surface area contributed by atoms with Gasteiger partial charge in [-0.2, -0.15) is 0 Å². The highest BCUT2D eigenvalue weighted by molar-refractivity contribution is 7.80. The van der Waals surface area contributed by atoms with Crippen molar-refractivity contribution in [3.63, 3.8) is 0 Å². The number of ether oxygens (including phenoxy) is 1. The zero-order valence-corrected chi connectivity index (χ0v) is 17.7. The van der Waals surface area contributed by atoms with Gasteiger partial charge >= 0.3 is 0 Å². The number of carbonyl (C=O) groups is 2. The van der Waals surface area contributed by atoms with Crippen molar-refractivity contribution in [1.82, 2.24) is 4.90 Å². The van der Waals surface area contributed by atoms with Gasteiger partial charge in [0.1, 0.15) is 11.8 Å². The highest BCUT2D eigenvalue weighted by Crippen LogP contribution is 2.27. The van der Waals surface area contributed by atoms with Crippen molar-refractivity contribution in [2.24, 2.45) is 0 Å². The Morgan fingerprint density at radius 2 is 1.90 bits per heavy atom. The van der Waals surface area contributed by atoms with E-state index in [9.17, 15) is 9.59 Å². The summed E-state index contributed by atoms with van der Waals surface area (Å²) in [7, 11) is 0. The maximum Gasteiger partial charge on any atom is 0.256 e. The van der Waals surface area contributed by atoms with E-state index in [2.05, 4.69) is 11.9 Å². The van der Waals surface area contributed by atoms with Crippen molar-refractivity contribution in [2.75, 3.05) is 23.4 Å². The van der Waals surface area contributed by atoms with E-state index in [1.54, 1.807) is 23.1 Å². The standard InChI is InChI=1S/C23H25N3O3S/c1-3-14-25-20(22(28)26(23(25)30)18-8-6-5-7-9-18)16-21(27)24-17-10-12-19(13-11-17)29-15-4-2/h3,5-13,20H,1,4,14-16H2,2H3,(H,24,27)/t20-/m1/s1. The molecule has 1 heterocycles. The average molecular weight is 424 g/mol. The van der Waals surface area contributed by atoms with E-state index in [4.69, 9.17) is 17.0 Å². The summed E-state index contributed by atoms with van der Waals surface area (Å²) < 4.78 is 5.55. The first-order valence-corrected chi connectivity index (χ1v) is 10.3. The molecular weight excluding hydrogens is 398 g/mol. The van der Waals surface area contributed by atoms with E-state index in [1.807, 2.05) is 49.4 Å². The third kappa shape index (κ3) is 4.86. The quantitative estimate of drug-likeness (QED) is 0.488. The molecule has 6 nitrogen and oxygen atoms in total. The van der Waals surface area contributed by atoms with Gasteiger partial charge in [-0.1, -0.05) is 31.2 Å². The minimum atomic E-state index is -0.678. The van der Waals surface area contributed by atoms with Crippen molar-refractivity contribution in [2.45, 2.75) is 25.8 Å². The molecule has 1 aliphatic heterocycles. The Morgan fingerprint density at radius 1 is 1.20 bits per heavy atom. The Hall–Kier alpha value is -3.19. The first-order chi connectivity index (χ1) is 14.5. The molecule has 1 saturated heterocycles. The van der Waals surface area contributed by atoms with Crippen LogP contribution in [0.15, 0.2) is 67.3 Å². The topological polar surface area (TPSA) is 61.9 Å². The van der Waals surface area contributed by atoms with Crippen LogP contribution in [0.1, 0.15) is 19.8 Å². The fraction of sp³-hybridized carbons (Fsp3) is 0.261. The van der Waals surface area contributed by atoms with Crippen molar-refractivity contribution in [3.8, 4) is 5.75 Å². The molecule has 1 fully saturated rings. The van der Waals surface area contributed by atoms with Gasteiger partial charge in [0, 0.05) is 12.2 Å². The maximum atomic E-state index is 13.1. The Labute approximate surface area is 182 Å². The first kappa shape index (κ1) is 21.5. The lowest BCUT2D eigenvalue weighted by molar-refractivity contribution is -0.124. The number of carbonyl (C=O) groups excluding carboxylic acids is 2. The van der Waals surface area contributed by atoms with Crippen LogP contribution in [0.5, 0.6) is 5.75 Å². The van der Waals surface area contributed by atoms with Gasteiger partial charge in [-0.25, -0.2) is 0 Å². The third-order valence-electron chi connectivity index (χ3n) is 4.65. The third-order valence-corrected chi connectivity index (χ3v) is 5.07. The van der Waals surface area contributed by atoms with Crippen LogP contribution < -0.4 is 15.0 Å². The molecule has 7 heteroatoms. The molecule has 1 aliphatic rings. The van der Waals surface area contributed by atoms with E-state index in [0.717, 1.165) is 12.2 Å². The summed E-state index contributed by atoms with van der Waals surface area (Å²) in [4.78, 5) is 29.0. The van der Waals surface area contributed by atoms with E-state index in [1.165, 1.54) is 4.90 Å². The van der Waals surface area contributed by atoms with E-state index in [0.29, 0.717) is 29.6 Å². The van der Waals surface area contributed by atoms with Gasteiger partial charge in [0.05, 0.1) is 18.7 Å². The van der Waals surface area contributed by atoms with E-state index < -0.39 is 6.04 Å². The van der Waals surface area contributed by atoms with Crippen LogP contribution >= 0.6 is 12.2 Å². The molecule has 156 valence electrons. The second-order valence-electron chi connectivity index (χ2n) is 6.87. The molecule has 2 amide bonds. The summed E-state index contributed by atoms with van der Waals surface area (Å²) in [6.45, 7) is 6.82. The number of nitrogens with one attached hydrogen (secondary N) is 1. The fourth-order valence-electron chi connectivity index (χ4n) is 3.24. The molecule has 0 saturated carbocycles. The Morgan fingerprint density at radius 3 is 2.53 bits per heavy atom. The van der Waals surface area contributed by atoms with Crippen LogP contribution in [-0.4, -0.2) is 41.0 Å². The lowest BCUT2D eigenvalue weighted by atomic mass is 10.1. The van der Waals surface area contributed by atoms with Crippen molar-refractivity contribution in [1.29, 1.82) is 0 Å². The second-order valence-corrected chi connectivity index (χ2v) is 7.24. The largest absolute Gasteiger partial charge is 0.494 e. The van der Waals surface area contributed by atoms with Crippen LogP contribution in [0.4, 0.5) is 11.4 Å². The van der Waals surface area contributed by atoms with Gasteiger partial charge in [0.2, 0.25) is 5.91 Å². The van der Waals surface area contributed by atoms with Crippen LogP contribution in [0.2, 0.25) is 0 Å². The molecule has 0 bridgehead atoms. The Balaban J connectivity index is 1.70. The van der Waals surface area contributed by atoms with Crippen molar-refractivity contribution >= 4 is 40.5 Å². The van der Waals surface area contributed by atoms with Crippen LogP contribution in [-0.2, 0) is 9.59 Å². The predicted octanol–water partition coefficient (Wildman–Crippen LogP) is 3.99. The molecule has 1 N–H and O–H groups in total. The smallest absolute Gasteiger partial charge is 0.256 e. The molecule has 0 spiro atoms. The molecule has 0 aliphatic carbocycles. The lowest BCUT2D eigenvalue weighted by Crippen LogP contribution is -2.37. The number of anilines is 2. The van der Waals surface area contributed by atoms with Crippen LogP contribution in [0.3, 0.4) is 0 Å². The zero-order chi connectivity index (χ0) is 21.5. The summed E-state index contributed by atoms with van der Waals surface area (Å²) in [5, 5.41) is 3.22. The molecule has 0 radical (unpaired) electrons. The Kier molecular flexibility index (Phi) is 7.19. The molecule has 2 aromatic rings. The maximum absolute atomic E-state index is 13.1. The molecule has 3 rings (SSSR count). The number of hydrogen-bond donors (Lipinski definition) is 1. The summed E-state index contributed by atoms with van der Waals surface area (Å²) >= 11 is 5.53. The second kappa shape index (κ2) is 10.0. The van der Waals surface area contributed by atoms with Crippen LogP contribution in [0.25, 0.3) is 0 Å². The number of rotatable bonds is 9. The SMILES string of the molecule is C=CCN1C(=S)N(c2ccccc2)C(=O)[C@H]1CC(=O)Nc1ccc(OCCC)cc1. The zero-order valence-electron chi connectivity index (χ0n) is 16.9. The number of thiocarbonyl (C=S) groups is 1. The molecule has 0 aromatic heterocycles. The number of nitrogens with zero attached hydrogens (tertiary/aromatic N) is 2. The molecule has 0 unspecified atom stereocenters. The summed E-state index contributed by atoms with van der Waals surface area (Å²) in [5.41, 5.74) is 1.33. The lowest BCUT2D eigenvalue weighted by Gasteiger charge is -2.22. The molecule has 30 heavy (non-hydrogen) atoms. The van der Waals surface area contributed by atoms with Crippen molar-refractivity contribution < 1.29 is 14.3 Å². The number of para-hydroxylation sites is 1. The van der Waals surface area contributed by atoms with Gasteiger partial charge in [-0.15, -0.1) is 6.58 Å². The van der Waals surface area contributed by atoms with Crippen LogP contribution in [0, 0.1) is 0 Å². The predicted molar refractivity (Wildman–Crippen MR) is 123 cm³/mol. The van der Waals surface area contributed by atoms with Gasteiger partial charge in [0.25, 0.3) is 5.91 Å².